The summed E-state index contributed by atoms with van der Waals surface area (Å²) in [5, 5.41) is 0. The zero-order valence-electron chi connectivity index (χ0n) is 13.2. The van der Waals surface area contributed by atoms with Crippen molar-refractivity contribution in [1.29, 1.82) is 0 Å². The Hall–Kier alpha value is -2.16. The molecule has 1 atom stereocenters. The van der Waals surface area contributed by atoms with Gasteiger partial charge in [-0.15, -0.1) is 0 Å². The van der Waals surface area contributed by atoms with Gasteiger partial charge in [0.2, 0.25) is 0 Å². The topological polar surface area (TPSA) is 29.0 Å². The smallest absolute Gasteiger partial charge is 0.155 e. The van der Waals surface area contributed by atoms with Crippen LogP contribution in [0.4, 0.5) is 5.82 Å². The summed E-state index contributed by atoms with van der Waals surface area (Å²) < 4.78 is 0. The first-order valence-corrected chi connectivity index (χ1v) is 7.41. The first-order valence-electron chi connectivity index (χ1n) is 7.41. The molecule has 2 rings (SSSR count). The van der Waals surface area contributed by atoms with E-state index in [2.05, 4.69) is 72.2 Å². The average Bonchev–Trinajstić information content (AvgIpc) is 2.53. The number of aryl methyl sites for hydroxylation is 1. The molecule has 0 spiro atoms. The number of hydrogen-bond acceptors (Lipinski definition) is 3. The van der Waals surface area contributed by atoms with E-state index in [0.717, 1.165) is 23.6 Å². The molecule has 0 radical (unpaired) electrons. The minimum absolute atomic E-state index is 0.246. The lowest BCUT2D eigenvalue weighted by molar-refractivity contribution is 0.723. The number of hydrogen-bond donors (Lipinski definition) is 0. The Morgan fingerprint density at radius 2 is 1.95 bits per heavy atom. The van der Waals surface area contributed by atoms with Crippen LogP contribution in [0.2, 0.25) is 0 Å². The summed E-state index contributed by atoms with van der Waals surface area (Å²) in [4.78, 5) is 11.4. The van der Waals surface area contributed by atoms with Gasteiger partial charge in [0.05, 0.1) is 11.7 Å². The van der Waals surface area contributed by atoms with E-state index in [1.165, 1.54) is 5.56 Å². The van der Waals surface area contributed by atoms with Gasteiger partial charge in [-0.05, 0) is 31.9 Å². The second-order valence-electron chi connectivity index (χ2n) is 5.23. The molecule has 110 valence electrons. The first-order chi connectivity index (χ1) is 10.1. The highest BCUT2D eigenvalue weighted by atomic mass is 15.2. The molecule has 1 aromatic carbocycles. The van der Waals surface area contributed by atoms with Gasteiger partial charge in [-0.1, -0.05) is 43.3 Å². The fraction of sp³-hybridized carbons (Fsp3) is 0.333. The molecule has 0 N–H and O–H groups in total. The fourth-order valence-corrected chi connectivity index (χ4v) is 2.22. The van der Waals surface area contributed by atoms with Crippen LogP contribution < -0.4 is 4.90 Å². The summed E-state index contributed by atoms with van der Waals surface area (Å²) in [5.41, 5.74) is 3.13. The number of rotatable bonds is 5. The molecule has 21 heavy (non-hydrogen) atoms. The SMILES string of the molecule is CC/C=C/c1ncc(C)nc1N(C)C(C)c1ccccc1. The second kappa shape index (κ2) is 7.02. The Morgan fingerprint density at radius 3 is 2.62 bits per heavy atom. The highest BCUT2D eigenvalue weighted by Crippen LogP contribution is 2.26. The number of allylic oxidation sites excluding steroid dienone is 1. The summed E-state index contributed by atoms with van der Waals surface area (Å²) in [5.74, 6) is 0.927. The van der Waals surface area contributed by atoms with Crippen LogP contribution in [0.15, 0.2) is 42.6 Å². The lowest BCUT2D eigenvalue weighted by Gasteiger charge is -2.27. The molecular formula is C18H23N3. The molecule has 0 amide bonds. The van der Waals surface area contributed by atoms with Crippen LogP contribution in [0.1, 0.15) is 43.3 Å². The van der Waals surface area contributed by atoms with Crippen molar-refractivity contribution in [3.05, 3.63) is 59.6 Å². The fourth-order valence-electron chi connectivity index (χ4n) is 2.22. The van der Waals surface area contributed by atoms with E-state index in [9.17, 15) is 0 Å². The van der Waals surface area contributed by atoms with E-state index in [1.54, 1.807) is 0 Å². The molecule has 2 aromatic rings. The van der Waals surface area contributed by atoms with Crippen molar-refractivity contribution >= 4 is 11.9 Å². The zero-order valence-corrected chi connectivity index (χ0v) is 13.2. The molecular weight excluding hydrogens is 258 g/mol. The summed E-state index contributed by atoms with van der Waals surface area (Å²) >= 11 is 0. The molecule has 1 heterocycles. The molecule has 0 fully saturated rings. The summed E-state index contributed by atoms with van der Waals surface area (Å²) in [7, 11) is 2.07. The Bertz CT molecular complexity index is 605. The standard InChI is InChI=1S/C18H23N3/c1-5-6-12-17-18(20-14(2)13-19-17)21(4)15(3)16-10-8-7-9-11-16/h6-13,15H,5H2,1-4H3/b12-6+. The van der Waals surface area contributed by atoms with Crippen molar-refractivity contribution in [2.24, 2.45) is 0 Å². The number of aromatic nitrogens is 2. The van der Waals surface area contributed by atoms with Crippen LogP contribution in [0.5, 0.6) is 0 Å². The van der Waals surface area contributed by atoms with Gasteiger partial charge in [0.15, 0.2) is 5.82 Å². The molecule has 0 saturated carbocycles. The first kappa shape index (κ1) is 15.2. The third kappa shape index (κ3) is 3.69. The Labute approximate surface area is 127 Å². The van der Waals surface area contributed by atoms with E-state index in [0.29, 0.717) is 0 Å². The predicted molar refractivity (Wildman–Crippen MR) is 89.4 cm³/mol. The van der Waals surface area contributed by atoms with E-state index in [-0.39, 0.29) is 6.04 Å². The van der Waals surface area contributed by atoms with Gasteiger partial charge in [-0.2, -0.15) is 0 Å². The third-order valence-electron chi connectivity index (χ3n) is 3.61. The maximum absolute atomic E-state index is 4.68. The van der Waals surface area contributed by atoms with Crippen LogP contribution in [-0.4, -0.2) is 17.0 Å². The van der Waals surface area contributed by atoms with Crippen LogP contribution in [0.25, 0.3) is 6.08 Å². The number of anilines is 1. The van der Waals surface area contributed by atoms with Crippen molar-refractivity contribution in [3.8, 4) is 0 Å². The minimum atomic E-state index is 0.246. The molecule has 0 aliphatic heterocycles. The Kier molecular flexibility index (Phi) is 5.09. The van der Waals surface area contributed by atoms with Crippen LogP contribution in [-0.2, 0) is 0 Å². The Morgan fingerprint density at radius 1 is 1.24 bits per heavy atom. The van der Waals surface area contributed by atoms with Gasteiger partial charge in [-0.3, -0.25) is 4.98 Å². The van der Waals surface area contributed by atoms with Crippen LogP contribution >= 0.6 is 0 Å². The number of nitrogens with zero attached hydrogens (tertiary/aromatic N) is 3. The van der Waals surface area contributed by atoms with Crippen molar-refractivity contribution < 1.29 is 0 Å². The quantitative estimate of drug-likeness (QED) is 0.813. The van der Waals surface area contributed by atoms with Crippen molar-refractivity contribution in [2.45, 2.75) is 33.2 Å². The highest BCUT2D eigenvalue weighted by molar-refractivity contribution is 5.61. The third-order valence-corrected chi connectivity index (χ3v) is 3.61. The molecule has 1 unspecified atom stereocenters. The lowest BCUT2D eigenvalue weighted by atomic mass is 10.1. The maximum atomic E-state index is 4.68. The normalized spacial score (nSPS) is 12.6. The molecule has 0 aliphatic rings. The van der Waals surface area contributed by atoms with Crippen molar-refractivity contribution in [3.63, 3.8) is 0 Å². The largest absolute Gasteiger partial charge is 0.351 e. The van der Waals surface area contributed by atoms with Crippen molar-refractivity contribution in [1.82, 2.24) is 9.97 Å². The van der Waals surface area contributed by atoms with Gasteiger partial charge in [0, 0.05) is 13.2 Å². The molecule has 0 bridgehead atoms. The van der Waals surface area contributed by atoms with Gasteiger partial charge in [0.25, 0.3) is 0 Å². The minimum Gasteiger partial charge on any atom is -0.351 e. The van der Waals surface area contributed by atoms with E-state index in [4.69, 9.17) is 0 Å². The van der Waals surface area contributed by atoms with E-state index >= 15 is 0 Å². The Balaban J connectivity index is 2.35. The zero-order chi connectivity index (χ0) is 15.2. The van der Waals surface area contributed by atoms with Gasteiger partial charge in [0.1, 0.15) is 5.69 Å². The monoisotopic (exact) mass is 281 g/mol. The molecule has 0 aliphatic carbocycles. The van der Waals surface area contributed by atoms with E-state index < -0.39 is 0 Å². The molecule has 1 aromatic heterocycles. The van der Waals surface area contributed by atoms with Gasteiger partial charge >= 0.3 is 0 Å². The summed E-state index contributed by atoms with van der Waals surface area (Å²) in [6.45, 7) is 6.28. The summed E-state index contributed by atoms with van der Waals surface area (Å²) in [6.07, 6.45) is 6.98. The lowest BCUT2D eigenvalue weighted by Crippen LogP contribution is -2.24. The van der Waals surface area contributed by atoms with Gasteiger partial charge < -0.3 is 4.90 Å². The highest BCUT2D eigenvalue weighted by Gasteiger charge is 2.16. The average molecular weight is 281 g/mol. The van der Waals surface area contributed by atoms with E-state index in [1.807, 2.05) is 19.2 Å². The van der Waals surface area contributed by atoms with Crippen LogP contribution in [0, 0.1) is 6.92 Å². The number of benzene rings is 1. The molecule has 3 nitrogen and oxygen atoms in total. The second-order valence-corrected chi connectivity index (χ2v) is 5.23. The molecule has 0 saturated heterocycles. The summed E-state index contributed by atoms with van der Waals surface area (Å²) in [6, 6.07) is 10.7. The van der Waals surface area contributed by atoms with Gasteiger partial charge in [-0.25, -0.2) is 4.98 Å². The predicted octanol–water partition coefficient (Wildman–Crippen LogP) is 4.41. The maximum Gasteiger partial charge on any atom is 0.155 e. The molecule has 3 heteroatoms. The van der Waals surface area contributed by atoms with Crippen molar-refractivity contribution in [2.75, 3.05) is 11.9 Å². The van der Waals surface area contributed by atoms with Crippen LogP contribution in [0.3, 0.4) is 0 Å².